The Kier molecular flexibility index (Phi) is 5.30. The van der Waals surface area contributed by atoms with Crippen LogP contribution in [0.2, 0.25) is 0 Å². The molecule has 1 saturated carbocycles. The summed E-state index contributed by atoms with van der Waals surface area (Å²) in [5, 5.41) is 22.0. The molecule has 1 aromatic heterocycles. The number of hydroxylamine groups is 1. The average molecular weight is 487 g/mol. The third kappa shape index (κ3) is 3.54. The Morgan fingerprint density at radius 2 is 1.58 bits per heavy atom. The number of benzene rings is 2. The van der Waals surface area contributed by atoms with E-state index in [1.165, 1.54) is 27.5 Å². The van der Waals surface area contributed by atoms with Gasteiger partial charge in [-0.25, -0.2) is 5.48 Å². The predicted molar refractivity (Wildman–Crippen MR) is 131 cm³/mol. The van der Waals surface area contributed by atoms with Crippen LogP contribution in [0.3, 0.4) is 0 Å². The van der Waals surface area contributed by atoms with Gasteiger partial charge < -0.3 is 10.0 Å². The van der Waals surface area contributed by atoms with E-state index in [-0.39, 0.29) is 18.4 Å². The maximum atomic E-state index is 13.5. The van der Waals surface area contributed by atoms with Gasteiger partial charge in [-0.15, -0.1) is 0 Å². The van der Waals surface area contributed by atoms with E-state index in [9.17, 15) is 24.7 Å². The maximum absolute atomic E-state index is 13.5. The van der Waals surface area contributed by atoms with Crippen molar-refractivity contribution < 1.29 is 19.9 Å². The quantitative estimate of drug-likeness (QED) is 0.385. The van der Waals surface area contributed by atoms with E-state index in [1.807, 2.05) is 29.3 Å². The van der Waals surface area contributed by atoms with Crippen molar-refractivity contribution in [3.8, 4) is 5.75 Å². The molecule has 0 bridgehead atoms. The first-order valence-electron chi connectivity index (χ1n) is 12.1. The second-order valence-corrected chi connectivity index (χ2v) is 9.71. The lowest BCUT2D eigenvalue weighted by atomic mass is 9.94. The normalized spacial score (nSPS) is 17.2. The van der Waals surface area contributed by atoms with Gasteiger partial charge in [0, 0.05) is 12.7 Å². The van der Waals surface area contributed by atoms with E-state index in [1.54, 1.807) is 4.90 Å². The van der Waals surface area contributed by atoms with Gasteiger partial charge in [-0.2, -0.15) is 0 Å². The van der Waals surface area contributed by atoms with E-state index < -0.39 is 28.6 Å². The molecule has 0 atom stereocenters. The highest BCUT2D eigenvalue weighted by Crippen LogP contribution is 2.39. The molecule has 2 amide bonds. The predicted octanol–water partition coefficient (Wildman–Crippen LogP) is 2.32. The molecule has 9 heteroatoms. The molecule has 2 aromatic carbocycles. The van der Waals surface area contributed by atoms with Crippen LogP contribution in [-0.4, -0.2) is 44.9 Å². The van der Waals surface area contributed by atoms with Crippen LogP contribution in [-0.2, 0) is 12.8 Å². The second kappa shape index (κ2) is 8.53. The minimum atomic E-state index is -1.06. The number of aryl methyl sites for hydroxylation is 2. The zero-order valence-electron chi connectivity index (χ0n) is 19.6. The average Bonchev–Trinajstić information content (AvgIpc) is 3.73. The monoisotopic (exact) mass is 486 g/mol. The lowest BCUT2D eigenvalue weighted by molar-refractivity contribution is 0.0660. The molecule has 1 aliphatic heterocycles. The molecule has 3 aliphatic rings. The Labute approximate surface area is 207 Å². The smallest absolute Gasteiger partial charge is 0.280 e. The number of hydrogen-bond acceptors (Lipinski definition) is 6. The summed E-state index contributed by atoms with van der Waals surface area (Å²) < 4.78 is 1.43. The van der Waals surface area contributed by atoms with Crippen LogP contribution in [0.1, 0.15) is 62.0 Å². The van der Waals surface area contributed by atoms with Crippen LogP contribution in [0, 0.1) is 5.92 Å². The zero-order valence-corrected chi connectivity index (χ0v) is 19.6. The van der Waals surface area contributed by atoms with E-state index in [2.05, 4.69) is 24.3 Å². The number of hydrogen-bond donors (Lipinski definition) is 3. The first-order chi connectivity index (χ1) is 17.5. The topological polar surface area (TPSA) is 115 Å². The lowest BCUT2D eigenvalue weighted by Crippen LogP contribution is -2.56. The fourth-order valence-corrected chi connectivity index (χ4v) is 5.44. The van der Waals surface area contributed by atoms with Gasteiger partial charge in [0.25, 0.3) is 11.8 Å². The van der Waals surface area contributed by atoms with E-state index in [4.69, 9.17) is 0 Å². The molecule has 3 aromatic rings. The van der Waals surface area contributed by atoms with Crippen molar-refractivity contribution in [1.29, 1.82) is 0 Å². The molecule has 0 spiro atoms. The number of amides is 2. The largest absolute Gasteiger partial charge is 0.502 e. The summed E-state index contributed by atoms with van der Waals surface area (Å²) >= 11 is 0. The molecule has 6 rings (SSSR count). The first-order valence-corrected chi connectivity index (χ1v) is 12.1. The lowest BCUT2D eigenvalue weighted by Gasteiger charge is -2.44. The fraction of sp³-hybridized carbons (Fsp3) is 0.296. The fourth-order valence-electron chi connectivity index (χ4n) is 5.44. The number of carbonyl (C=O) groups is 2. The minimum absolute atomic E-state index is 0.180. The molecule has 0 saturated heterocycles. The van der Waals surface area contributed by atoms with Crippen molar-refractivity contribution in [2.75, 3.05) is 18.2 Å². The molecule has 9 nitrogen and oxygen atoms in total. The summed E-state index contributed by atoms with van der Waals surface area (Å²) in [5.41, 5.74) is 4.28. The molecule has 3 N–H and O–H groups in total. The van der Waals surface area contributed by atoms with Crippen molar-refractivity contribution in [1.82, 2.24) is 15.1 Å². The van der Waals surface area contributed by atoms with Crippen LogP contribution in [0.4, 0.5) is 0 Å². The summed E-state index contributed by atoms with van der Waals surface area (Å²) in [4.78, 5) is 40.3. The Morgan fingerprint density at radius 3 is 2.17 bits per heavy atom. The number of rotatable bonds is 4. The molecule has 2 heterocycles. The van der Waals surface area contributed by atoms with Crippen LogP contribution in [0.5, 0.6) is 5.75 Å². The molecule has 184 valence electrons. The van der Waals surface area contributed by atoms with Crippen molar-refractivity contribution in [3.05, 3.63) is 98.5 Å². The molecular formula is C27H26N4O5. The van der Waals surface area contributed by atoms with Gasteiger partial charge in [0.05, 0.1) is 6.04 Å². The first kappa shape index (κ1) is 22.4. The third-order valence-electron chi connectivity index (χ3n) is 7.43. The van der Waals surface area contributed by atoms with Crippen LogP contribution >= 0.6 is 0 Å². The number of fused-ring (bicyclic) bond motifs is 3. The Hall–Kier alpha value is -4.11. The number of nitrogens with zero attached hydrogens (tertiary/aromatic N) is 3. The summed E-state index contributed by atoms with van der Waals surface area (Å²) in [6.07, 6.45) is 5.01. The number of carbonyl (C=O) groups excluding carboxylic acids is 2. The van der Waals surface area contributed by atoms with Crippen molar-refractivity contribution in [3.63, 3.8) is 0 Å². The molecule has 2 aliphatic carbocycles. The SMILES string of the molecule is O=C(NO)c1cn2c(c(O)c1=O)C(=O)N(CC1CC1)CN2C1c2ccccc2CCc2ccccc21. The highest BCUT2D eigenvalue weighted by atomic mass is 16.5. The second-order valence-electron chi connectivity index (χ2n) is 9.71. The summed E-state index contributed by atoms with van der Waals surface area (Å²) in [7, 11) is 0. The molecule has 1 fully saturated rings. The molecule has 0 unspecified atom stereocenters. The summed E-state index contributed by atoms with van der Waals surface area (Å²) in [6.45, 7) is 0.732. The number of nitrogens with one attached hydrogen (secondary N) is 1. The van der Waals surface area contributed by atoms with Crippen LogP contribution < -0.4 is 15.9 Å². The maximum Gasteiger partial charge on any atom is 0.280 e. The van der Waals surface area contributed by atoms with Gasteiger partial charge in [-0.05, 0) is 53.9 Å². The van der Waals surface area contributed by atoms with Gasteiger partial charge >= 0.3 is 0 Å². The van der Waals surface area contributed by atoms with Gasteiger partial charge in [-0.3, -0.25) is 29.3 Å². The highest BCUT2D eigenvalue weighted by Gasteiger charge is 2.41. The van der Waals surface area contributed by atoms with E-state index in [0.29, 0.717) is 12.5 Å². The Balaban J connectivity index is 1.61. The van der Waals surface area contributed by atoms with Crippen LogP contribution in [0.25, 0.3) is 0 Å². The minimum Gasteiger partial charge on any atom is -0.502 e. The standard InChI is InChI=1S/C27H26N4O5/c32-24-21(26(34)28-36)14-30-23(25(24)33)27(35)29(13-16-9-10-16)15-31(30)22-19-7-3-1-5-17(19)11-12-18-6-2-4-8-20(18)22/h1-8,14,16,22,33,36H,9-13,15H2,(H,28,34). The van der Waals surface area contributed by atoms with Crippen LogP contribution in [0.15, 0.2) is 59.5 Å². The van der Waals surface area contributed by atoms with E-state index in [0.717, 1.165) is 36.8 Å². The Bertz CT molecular complexity index is 1400. The summed E-state index contributed by atoms with van der Waals surface area (Å²) in [5.74, 6) is -1.93. The number of aromatic hydroxyl groups is 1. The molecule has 0 radical (unpaired) electrons. The third-order valence-corrected chi connectivity index (χ3v) is 7.43. The van der Waals surface area contributed by atoms with Gasteiger partial charge in [0.1, 0.15) is 12.2 Å². The van der Waals surface area contributed by atoms with E-state index >= 15 is 0 Å². The van der Waals surface area contributed by atoms with Gasteiger partial charge in [0.15, 0.2) is 11.4 Å². The highest BCUT2D eigenvalue weighted by molar-refractivity contribution is 5.99. The summed E-state index contributed by atoms with van der Waals surface area (Å²) in [6, 6.07) is 15.9. The van der Waals surface area contributed by atoms with Gasteiger partial charge in [0.2, 0.25) is 5.43 Å². The number of pyridine rings is 1. The molecular weight excluding hydrogens is 460 g/mol. The van der Waals surface area contributed by atoms with Crippen molar-refractivity contribution >= 4 is 11.8 Å². The Morgan fingerprint density at radius 1 is 0.972 bits per heavy atom. The van der Waals surface area contributed by atoms with Crippen molar-refractivity contribution in [2.24, 2.45) is 5.92 Å². The number of aromatic nitrogens is 1. The van der Waals surface area contributed by atoms with Crippen molar-refractivity contribution in [2.45, 2.75) is 31.7 Å². The van der Waals surface area contributed by atoms with Gasteiger partial charge in [-0.1, -0.05) is 48.5 Å². The molecule has 36 heavy (non-hydrogen) atoms. The zero-order chi connectivity index (χ0) is 25.0.